The van der Waals surface area contributed by atoms with Gasteiger partial charge in [0.15, 0.2) is 5.96 Å². The lowest BCUT2D eigenvalue weighted by molar-refractivity contribution is -0.119. The van der Waals surface area contributed by atoms with Gasteiger partial charge in [-0.25, -0.2) is 4.99 Å². The van der Waals surface area contributed by atoms with E-state index in [9.17, 15) is 4.79 Å². The fraction of sp³-hybridized carbons (Fsp3) is 0.333. The van der Waals surface area contributed by atoms with E-state index in [1.54, 1.807) is 12.3 Å². The molecule has 2 rings (SSSR count). The zero-order valence-corrected chi connectivity index (χ0v) is 16.8. The van der Waals surface area contributed by atoms with Gasteiger partial charge in [0.1, 0.15) is 12.3 Å². The molecule has 0 bridgehead atoms. The molecular formula is C18H25IN4O2. The van der Waals surface area contributed by atoms with Gasteiger partial charge in [-0.05, 0) is 31.5 Å². The van der Waals surface area contributed by atoms with E-state index >= 15 is 0 Å². The van der Waals surface area contributed by atoms with Gasteiger partial charge in [-0.2, -0.15) is 0 Å². The van der Waals surface area contributed by atoms with Crippen LogP contribution in [0.15, 0.2) is 58.1 Å². The van der Waals surface area contributed by atoms with Gasteiger partial charge in [-0.1, -0.05) is 30.3 Å². The standard InChI is InChI=1S/C18H24N4O2.HI/c1-3-19-18(22-14(2)15-8-5-4-6-9-15)21-13-17(23)20-12-16-10-7-11-24-16;/h4-11,14H,3,12-13H2,1-2H3,(H,20,23)(H2,19,21,22);1H. The van der Waals surface area contributed by atoms with Gasteiger partial charge in [0, 0.05) is 6.54 Å². The van der Waals surface area contributed by atoms with Crippen LogP contribution in [0.25, 0.3) is 0 Å². The number of aliphatic imine (C=N–C) groups is 1. The first-order valence-corrected chi connectivity index (χ1v) is 8.08. The molecule has 3 N–H and O–H groups in total. The molecule has 136 valence electrons. The van der Waals surface area contributed by atoms with Gasteiger partial charge in [0.25, 0.3) is 0 Å². The van der Waals surface area contributed by atoms with Crippen LogP contribution in [0.1, 0.15) is 31.2 Å². The molecule has 0 aliphatic carbocycles. The number of hydrogen-bond acceptors (Lipinski definition) is 3. The Labute approximate surface area is 165 Å². The Hall–Kier alpha value is -2.03. The number of halogens is 1. The SMILES string of the molecule is CCNC(=NCC(=O)NCc1ccco1)NC(C)c1ccccc1.I. The highest BCUT2D eigenvalue weighted by Crippen LogP contribution is 2.10. The van der Waals surface area contributed by atoms with E-state index in [2.05, 4.69) is 40.0 Å². The highest BCUT2D eigenvalue weighted by molar-refractivity contribution is 14.0. The predicted molar refractivity (Wildman–Crippen MR) is 110 cm³/mol. The summed E-state index contributed by atoms with van der Waals surface area (Å²) in [4.78, 5) is 16.2. The van der Waals surface area contributed by atoms with Gasteiger partial charge in [0.05, 0.1) is 18.8 Å². The average molecular weight is 456 g/mol. The number of benzene rings is 1. The summed E-state index contributed by atoms with van der Waals surface area (Å²) >= 11 is 0. The molecule has 25 heavy (non-hydrogen) atoms. The summed E-state index contributed by atoms with van der Waals surface area (Å²) in [6, 6.07) is 13.8. The smallest absolute Gasteiger partial charge is 0.242 e. The zero-order chi connectivity index (χ0) is 17.2. The Morgan fingerprint density at radius 2 is 1.92 bits per heavy atom. The van der Waals surface area contributed by atoms with Crippen molar-refractivity contribution >= 4 is 35.8 Å². The highest BCUT2D eigenvalue weighted by atomic mass is 127. The lowest BCUT2D eigenvalue weighted by Crippen LogP contribution is -2.39. The number of carbonyl (C=O) groups is 1. The van der Waals surface area contributed by atoms with Crippen molar-refractivity contribution in [2.45, 2.75) is 26.4 Å². The van der Waals surface area contributed by atoms with Crippen molar-refractivity contribution in [3.63, 3.8) is 0 Å². The van der Waals surface area contributed by atoms with E-state index in [0.29, 0.717) is 12.5 Å². The quantitative estimate of drug-likeness (QED) is 0.340. The number of hydrogen-bond donors (Lipinski definition) is 3. The molecule has 1 amide bonds. The van der Waals surface area contributed by atoms with Crippen LogP contribution in [0, 0.1) is 0 Å². The Morgan fingerprint density at radius 3 is 2.56 bits per heavy atom. The van der Waals surface area contributed by atoms with Crippen molar-refractivity contribution in [2.24, 2.45) is 4.99 Å². The molecule has 1 aromatic carbocycles. The fourth-order valence-electron chi connectivity index (χ4n) is 2.16. The van der Waals surface area contributed by atoms with Crippen LogP contribution < -0.4 is 16.0 Å². The first-order valence-electron chi connectivity index (χ1n) is 8.08. The predicted octanol–water partition coefficient (Wildman–Crippen LogP) is 2.83. The van der Waals surface area contributed by atoms with Crippen LogP contribution in [0.3, 0.4) is 0 Å². The molecule has 1 heterocycles. The monoisotopic (exact) mass is 456 g/mol. The van der Waals surface area contributed by atoms with Gasteiger partial charge in [0.2, 0.25) is 5.91 Å². The van der Waals surface area contributed by atoms with E-state index in [0.717, 1.165) is 17.9 Å². The molecule has 0 radical (unpaired) electrons. The van der Waals surface area contributed by atoms with Crippen molar-refractivity contribution in [1.82, 2.24) is 16.0 Å². The molecule has 0 spiro atoms. The Morgan fingerprint density at radius 1 is 1.16 bits per heavy atom. The van der Waals surface area contributed by atoms with Gasteiger partial charge in [-0.3, -0.25) is 4.79 Å². The van der Waals surface area contributed by atoms with Crippen molar-refractivity contribution in [3.8, 4) is 0 Å². The minimum atomic E-state index is -0.157. The van der Waals surface area contributed by atoms with E-state index in [1.807, 2.05) is 31.2 Å². The molecule has 7 heteroatoms. The Bertz CT molecular complexity index is 644. The van der Waals surface area contributed by atoms with Crippen LogP contribution in [0.2, 0.25) is 0 Å². The molecule has 0 saturated carbocycles. The molecule has 6 nitrogen and oxygen atoms in total. The maximum absolute atomic E-state index is 11.9. The van der Waals surface area contributed by atoms with Crippen LogP contribution in [0.5, 0.6) is 0 Å². The number of nitrogens with zero attached hydrogens (tertiary/aromatic N) is 1. The molecule has 0 aliphatic rings. The second-order valence-electron chi connectivity index (χ2n) is 5.33. The number of furan rings is 1. The van der Waals surface area contributed by atoms with Gasteiger partial charge >= 0.3 is 0 Å². The Balaban J connectivity index is 0.00000312. The number of rotatable bonds is 7. The third kappa shape index (κ3) is 7.59. The lowest BCUT2D eigenvalue weighted by atomic mass is 10.1. The van der Waals surface area contributed by atoms with E-state index in [-0.39, 0.29) is 42.5 Å². The van der Waals surface area contributed by atoms with Crippen molar-refractivity contribution < 1.29 is 9.21 Å². The summed E-state index contributed by atoms with van der Waals surface area (Å²) in [6.07, 6.45) is 1.58. The summed E-state index contributed by atoms with van der Waals surface area (Å²) in [7, 11) is 0. The third-order valence-corrected chi connectivity index (χ3v) is 3.42. The largest absolute Gasteiger partial charge is 0.467 e. The van der Waals surface area contributed by atoms with E-state index in [1.165, 1.54) is 0 Å². The van der Waals surface area contributed by atoms with E-state index < -0.39 is 0 Å². The summed E-state index contributed by atoms with van der Waals surface area (Å²) in [5.41, 5.74) is 1.16. The van der Waals surface area contributed by atoms with Crippen LogP contribution in [0.4, 0.5) is 0 Å². The van der Waals surface area contributed by atoms with Crippen LogP contribution in [-0.2, 0) is 11.3 Å². The number of nitrogens with one attached hydrogen (secondary N) is 3. The van der Waals surface area contributed by atoms with E-state index in [4.69, 9.17) is 4.42 Å². The lowest BCUT2D eigenvalue weighted by Gasteiger charge is -2.18. The molecule has 1 atom stereocenters. The summed E-state index contributed by atoms with van der Waals surface area (Å²) in [5, 5.41) is 9.22. The van der Waals surface area contributed by atoms with Crippen LogP contribution in [-0.4, -0.2) is 25.0 Å². The van der Waals surface area contributed by atoms with Gasteiger partial charge < -0.3 is 20.4 Å². The highest BCUT2D eigenvalue weighted by Gasteiger charge is 2.08. The molecule has 1 aromatic heterocycles. The maximum atomic E-state index is 11.9. The zero-order valence-electron chi connectivity index (χ0n) is 14.5. The third-order valence-electron chi connectivity index (χ3n) is 3.42. The number of amides is 1. The maximum Gasteiger partial charge on any atom is 0.242 e. The molecule has 0 fully saturated rings. The molecule has 2 aromatic rings. The first-order chi connectivity index (χ1) is 11.7. The summed E-state index contributed by atoms with van der Waals surface area (Å²) < 4.78 is 5.17. The van der Waals surface area contributed by atoms with Crippen LogP contribution >= 0.6 is 24.0 Å². The molecule has 0 saturated heterocycles. The Kier molecular flexibility index (Phi) is 9.68. The minimum absolute atomic E-state index is 0. The van der Waals surface area contributed by atoms with Gasteiger partial charge in [-0.15, -0.1) is 24.0 Å². The molecule has 1 unspecified atom stereocenters. The normalized spacial score (nSPS) is 12.0. The fourth-order valence-corrected chi connectivity index (χ4v) is 2.16. The minimum Gasteiger partial charge on any atom is -0.467 e. The molecular weight excluding hydrogens is 431 g/mol. The average Bonchev–Trinajstić information content (AvgIpc) is 3.12. The topological polar surface area (TPSA) is 78.7 Å². The van der Waals surface area contributed by atoms with Crippen molar-refractivity contribution in [3.05, 3.63) is 60.1 Å². The van der Waals surface area contributed by atoms with Crippen molar-refractivity contribution in [2.75, 3.05) is 13.1 Å². The second kappa shape index (κ2) is 11.5. The number of carbonyl (C=O) groups excluding carboxylic acids is 1. The summed E-state index contributed by atoms with van der Waals surface area (Å²) in [5.74, 6) is 1.17. The van der Waals surface area contributed by atoms with Crippen molar-refractivity contribution in [1.29, 1.82) is 0 Å². The summed E-state index contributed by atoms with van der Waals surface area (Å²) in [6.45, 7) is 5.19. The second-order valence-corrected chi connectivity index (χ2v) is 5.33. The molecule has 0 aliphatic heterocycles. The number of guanidine groups is 1. The first kappa shape index (κ1) is 21.0.